The van der Waals surface area contributed by atoms with Crippen molar-refractivity contribution in [3.8, 4) is 5.75 Å². The molecule has 0 radical (unpaired) electrons. The van der Waals surface area contributed by atoms with Crippen LogP contribution >= 0.6 is 11.6 Å². The van der Waals surface area contributed by atoms with E-state index in [1.165, 1.54) is 12.1 Å². The standard InChI is InChI=1S/C20H17ClFNO4/c1-12-16(13(2)27-23-12)10-25-15-8-6-14(7-9-15)20(24)26-11-17-18(21)4-3-5-19(17)22/h3-9H,10-11H2,1-2H3. The van der Waals surface area contributed by atoms with Crippen LogP contribution in [0.1, 0.15) is 32.9 Å². The van der Waals surface area contributed by atoms with E-state index in [0.717, 1.165) is 11.3 Å². The fraction of sp³-hybridized carbons (Fsp3) is 0.200. The van der Waals surface area contributed by atoms with E-state index in [-0.39, 0.29) is 17.2 Å². The number of carbonyl (C=O) groups excluding carboxylic acids is 1. The molecular formula is C20H17ClFNO4. The second-order valence-electron chi connectivity index (χ2n) is 5.89. The van der Waals surface area contributed by atoms with Gasteiger partial charge in [-0.25, -0.2) is 9.18 Å². The van der Waals surface area contributed by atoms with Gasteiger partial charge in [-0.2, -0.15) is 0 Å². The quantitative estimate of drug-likeness (QED) is 0.554. The number of esters is 1. The number of aryl methyl sites for hydroxylation is 2. The van der Waals surface area contributed by atoms with Crippen LogP contribution in [0.25, 0.3) is 0 Å². The van der Waals surface area contributed by atoms with E-state index in [0.29, 0.717) is 23.7 Å². The first-order chi connectivity index (χ1) is 13.0. The molecule has 3 aromatic rings. The first-order valence-electron chi connectivity index (χ1n) is 8.20. The third-order valence-electron chi connectivity index (χ3n) is 4.06. The summed E-state index contributed by atoms with van der Waals surface area (Å²) in [7, 11) is 0. The van der Waals surface area contributed by atoms with Gasteiger partial charge in [-0.3, -0.25) is 0 Å². The third-order valence-corrected chi connectivity index (χ3v) is 4.42. The maximum Gasteiger partial charge on any atom is 0.338 e. The summed E-state index contributed by atoms with van der Waals surface area (Å²) < 4.78 is 29.6. The van der Waals surface area contributed by atoms with Gasteiger partial charge in [-0.15, -0.1) is 0 Å². The molecule has 0 saturated heterocycles. The molecule has 0 fully saturated rings. The number of ether oxygens (including phenoxy) is 2. The van der Waals surface area contributed by atoms with E-state index in [4.69, 9.17) is 25.6 Å². The molecule has 5 nitrogen and oxygen atoms in total. The van der Waals surface area contributed by atoms with E-state index in [2.05, 4.69) is 5.16 Å². The molecule has 0 bridgehead atoms. The van der Waals surface area contributed by atoms with Gasteiger partial charge < -0.3 is 14.0 Å². The van der Waals surface area contributed by atoms with E-state index in [9.17, 15) is 9.18 Å². The number of nitrogens with zero attached hydrogens (tertiary/aromatic N) is 1. The minimum Gasteiger partial charge on any atom is -0.489 e. The number of halogens is 2. The molecule has 0 spiro atoms. The van der Waals surface area contributed by atoms with Gasteiger partial charge in [-0.1, -0.05) is 22.8 Å². The minimum absolute atomic E-state index is 0.145. The number of hydrogen-bond donors (Lipinski definition) is 0. The smallest absolute Gasteiger partial charge is 0.338 e. The highest BCUT2D eigenvalue weighted by atomic mass is 35.5. The molecule has 0 atom stereocenters. The zero-order chi connectivity index (χ0) is 19.4. The van der Waals surface area contributed by atoms with Crippen molar-refractivity contribution in [1.29, 1.82) is 0 Å². The zero-order valence-electron chi connectivity index (χ0n) is 14.8. The summed E-state index contributed by atoms with van der Waals surface area (Å²) in [5, 5.41) is 4.09. The van der Waals surface area contributed by atoms with Gasteiger partial charge in [0, 0.05) is 5.56 Å². The number of carbonyl (C=O) groups is 1. The van der Waals surface area contributed by atoms with Crippen LogP contribution in [-0.4, -0.2) is 11.1 Å². The number of rotatable bonds is 6. The SMILES string of the molecule is Cc1noc(C)c1COc1ccc(C(=O)OCc2c(F)cccc2Cl)cc1. The van der Waals surface area contributed by atoms with Gasteiger partial charge in [0.05, 0.1) is 21.8 Å². The Balaban J connectivity index is 1.59. The van der Waals surface area contributed by atoms with E-state index in [1.807, 2.05) is 13.8 Å². The van der Waals surface area contributed by atoms with E-state index >= 15 is 0 Å². The Morgan fingerprint density at radius 2 is 1.85 bits per heavy atom. The summed E-state index contributed by atoms with van der Waals surface area (Å²) in [6.45, 7) is 3.74. The normalized spacial score (nSPS) is 10.7. The Morgan fingerprint density at radius 3 is 2.48 bits per heavy atom. The van der Waals surface area contributed by atoms with Gasteiger partial charge in [-0.05, 0) is 50.2 Å². The molecule has 0 saturated carbocycles. The van der Waals surface area contributed by atoms with Crippen LogP contribution < -0.4 is 4.74 Å². The lowest BCUT2D eigenvalue weighted by atomic mass is 10.2. The lowest BCUT2D eigenvalue weighted by molar-refractivity contribution is 0.0469. The van der Waals surface area contributed by atoms with Crippen molar-refractivity contribution in [3.63, 3.8) is 0 Å². The highest BCUT2D eigenvalue weighted by Gasteiger charge is 2.13. The van der Waals surface area contributed by atoms with E-state index < -0.39 is 11.8 Å². The lowest BCUT2D eigenvalue weighted by Crippen LogP contribution is -2.07. The Hall–Kier alpha value is -2.86. The lowest BCUT2D eigenvalue weighted by Gasteiger charge is -2.09. The summed E-state index contributed by atoms with van der Waals surface area (Å²) in [4.78, 5) is 12.1. The molecule has 3 rings (SSSR count). The number of hydrogen-bond acceptors (Lipinski definition) is 5. The monoisotopic (exact) mass is 389 g/mol. The van der Waals surface area contributed by atoms with Crippen LogP contribution in [0.5, 0.6) is 5.75 Å². The molecule has 27 heavy (non-hydrogen) atoms. The number of benzene rings is 2. The van der Waals surface area contributed by atoms with Gasteiger partial charge >= 0.3 is 5.97 Å². The second-order valence-corrected chi connectivity index (χ2v) is 6.30. The molecule has 0 amide bonds. The average Bonchev–Trinajstić information content (AvgIpc) is 2.97. The maximum atomic E-state index is 13.7. The minimum atomic E-state index is -0.577. The van der Waals surface area contributed by atoms with Gasteiger partial charge in [0.25, 0.3) is 0 Å². The van der Waals surface area contributed by atoms with Gasteiger partial charge in [0.1, 0.15) is 30.5 Å². The van der Waals surface area contributed by atoms with Crippen LogP contribution in [0, 0.1) is 19.7 Å². The highest BCUT2D eigenvalue weighted by molar-refractivity contribution is 6.31. The first kappa shape index (κ1) is 18.9. The summed E-state index contributed by atoms with van der Waals surface area (Å²) in [6.07, 6.45) is 0. The van der Waals surface area contributed by atoms with Crippen molar-refractivity contribution in [3.05, 3.63) is 81.4 Å². The Kier molecular flexibility index (Phi) is 5.76. The molecule has 1 aromatic heterocycles. The van der Waals surface area contributed by atoms with Crippen LogP contribution in [0.2, 0.25) is 5.02 Å². The summed E-state index contributed by atoms with van der Waals surface area (Å²) in [6, 6.07) is 10.8. The van der Waals surface area contributed by atoms with Gasteiger partial charge in [0.15, 0.2) is 0 Å². The van der Waals surface area contributed by atoms with Crippen molar-refractivity contribution >= 4 is 17.6 Å². The summed E-state index contributed by atoms with van der Waals surface area (Å²) in [5.41, 5.74) is 2.14. The molecule has 0 aliphatic rings. The molecule has 0 aliphatic carbocycles. The highest BCUT2D eigenvalue weighted by Crippen LogP contribution is 2.21. The number of aromatic nitrogens is 1. The van der Waals surface area contributed by atoms with Crippen molar-refractivity contribution in [2.45, 2.75) is 27.1 Å². The second kappa shape index (κ2) is 8.22. The maximum absolute atomic E-state index is 13.7. The molecule has 0 aliphatic heterocycles. The van der Waals surface area contributed by atoms with Crippen LogP contribution in [0.15, 0.2) is 47.0 Å². The van der Waals surface area contributed by atoms with Crippen LogP contribution in [0.4, 0.5) is 4.39 Å². The van der Waals surface area contributed by atoms with Crippen LogP contribution in [-0.2, 0) is 18.0 Å². The first-order valence-corrected chi connectivity index (χ1v) is 8.58. The fourth-order valence-corrected chi connectivity index (χ4v) is 2.66. The Labute approximate surface area is 160 Å². The average molecular weight is 390 g/mol. The topological polar surface area (TPSA) is 61.6 Å². The molecule has 0 N–H and O–H groups in total. The Morgan fingerprint density at radius 1 is 1.11 bits per heavy atom. The predicted molar refractivity (Wildman–Crippen MR) is 97.3 cm³/mol. The van der Waals surface area contributed by atoms with Crippen molar-refractivity contribution in [2.75, 3.05) is 0 Å². The molecular weight excluding hydrogens is 373 g/mol. The third kappa shape index (κ3) is 4.46. The van der Waals surface area contributed by atoms with Gasteiger partial charge in [0.2, 0.25) is 0 Å². The molecule has 0 unspecified atom stereocenters. The molecule has 1 heterocycles. The Bertz CT molecular complexity index is 913. The van der Waals surface area contributed by atoms with Crippen molar-refractivity contribution in [1.82, 2.24) is 5.16 Å². The van der Waals surface area contributed by atoms with Crippen molar-refractivity contribution < 1.29 is 23.2 Å². The predicted octanol–water partition coefficient (Wildman–Crippen LogP) is 5.02. The largest absolute Gasteiger partial charge is 0.489 e. The molecule has 2 aromatic carbocycles. The van der Waals surface area contributed by atoms with E-state index in [1.54, 1.807) is 30.3 Å². The summed E-state index contributed by atoms with van der Waals surface area (Å²) in [5.74, 6) is 0.202. The molecule has 7 heteroatoms. The summed E-state index contributed by atoms with van der Waals surface area (Å²) >= 11 is 5.92. The van der Waals surface area contributed by atoms with Crippen molar-refractivity contribution in [2.24, 2.45) is 0 Å². The molecule has 140 valence electrons. The zero-order valence-corrected chi connectivity index (χ0v) is 15.5. The van der Waals surface area contributed by atoms with Crippen LogP contribution in [0.3, 0.4) is 0 Å². The fourth-order valence-electron chi connectivity index (χ4n) is 2.44.